The van der Waals surface area contributed by atoms with Gasteiger partial charge in [0.2, 0.25) is 0 Å². The van der Waals surface area contributed by atoms with Crippen LogP contribution in [0.3, 0.4) is 0 Å². The van der Waals surface area contributed by atoms with Crippen LogP contribution in [0.4, 0.5) is 0 Å². The van der Waals surface area contributed by atoms with E-state index in [1.807, 2.05) is 44.3 Å². The van der Waals surface area contributed by atoms with E-state index in [0.717, 1.165) is 44.9 Å². The van der Waals surface area contributed by atoms with Crippen LogP contribution < -0.4 is 5.32 Å². The number of nitrogens with one attached hydrogen (secondary N) is 3. The smallest absolute Gasteiger partial charge is 0.253 e. The number of ether oxygens (including phenoxy) is 1. The van der Waals surface area contributed by atoms with Crippen LogP contribution in [0, 0.1) is 13.8 Å². The van der Waals surface area contributed by atoms with Gasteiger partial charge in [0.1, 0.15) is 11.5 Å². The maximum Gasteiger partial charge on any atom is 0.253 e. The van der Waals surface area contributed by atoms with Crippen LogP contribution in [0.25, 0.3) is 6.08 Å². The van der Waals surface area contributed by atoms with E-state index in [0.29, 0.717) is 17.9 Å². The topological polar surface area (TPSA) is 82.3 Å². The molecule has 0 fully saturated rings. The fourth-order valence-corrected chi connectivity index (χ4v) is 3.44. The predicted octanol–water partition coefficient (Wildman–Crippen LogP) is 3.89. The highest BCUT2D eigenvalue weighted by atomic mass is 127. The van der Waals surface area contributed by atoms with Crippen LogP contribution in [0.2, 0.25) is 0 Å². The fourth-order valence-electron chi connectivity index (χ4n) is 3.06. The minimum atomic E-state index is -0.0414. The largest absolute Gasteiger partial charge is 0.494 e. The number of H-pyrrole nitrogens is 2. The van der Waals surface area contributed by atoms with E-state index in [9.17, 15) is 4.79 Å². The second-order valence-electron chi connectivity index (χ2n) is 6.29. The van der Waals surface area contributed by atoms with Crippen LogP contribution >= 0.6 is 22.6 Å². The Balaban J connectivity index is 1.90. The van der Waals surface area contributed by atoms with Gasteiger partial charge < -0.3 is 20.0 Å². The molecule has 3 heterocycles. The third-order valence-corrected chi connectivity index (χ3v) is 5.20. The van der Waals surface area contributed by atoms with Gasteiger partial charge in [0.05, 0.1) is 24.1 Å². The van der Waals surface area contributed by atoms with Gasteiger partial charge in [-0.3, -0.25) is 4.79 Å². The molecule has 0 radical (unpaired) electrons. The van der Waals surface area contributed by atoms with Crippen molar-refractivity contribution in [1.82, 2.24) is 15.3 Å². The quantitative estimate of drug-likeness (QED) is 0.321. The number of alkyl halides is 1. The molecule has 0 saturated heterocycles. The number of carbonyl (C=O) groups excluding carboxylic acids is 1. The van der Waals surface area contributed by atoms with Gasteiger partial charge in [-0.05, 0) is 44.0 Å². The van der Waals surface area contributed by atoms with Gasteiger partial charge in [-0.2, -0.15) is 0 Å². The van der Waals surface area contributed by atoms with Gasteiger partial charge in [-0.15, -0.1) is 0 Å². The van der Waals surface area contributed by atoms with Gasteiger partial charge in [-0.25, -0.2) is 4.99 Å². The lowest BCUT2D eigenvalue weighted by Crippen LogP contribution is -2.25. The summed E-state index contributed by atoms with van der Waals surface area (Å²) >= 11 is 2.31. The minimum absolute atomic E-state index is 0.0414. The highest BCUT2D eigenvalue weighted by molar-refractivity contribution is 14.1. The van der Waals surface area contributed by atoms with Crippen molar-refractivity contribution in [3.8, 4) is 0 Å². The standard InChI is InChI=1S/C20H23IN4O2/c1-12-15(24-13(2)19(12)20(26)23-9-5-7-21)10-17-18(27-3)11-16(25-17)14-6-4-8-22-14/h4,6,8,10-11,22,24H,5,7,9H2,1-3H3,(H,23,26)/b17-10-. The maximum atomic E-state index is 12.5. The molecule has 0 aliphatic carbocycles. The minimum Gasteiger partial charge on any atom is -0.494 e. The molecule has 7 heteroatoms. The Morgan fingerprint density at radius 3 is 2.89 bits per heavy atom. The Hall–Kier alpha value is -2.29. The molecule has 0 aromatic carbocycles. The van der Waals surface area contributed by atoms with E-state index in [1.54, 1.807) is 7.11 Å². The van der Waals surface area contributed by atoms with E-state index in [-0.39, 0.29) is 5.91 Å². The normalized spacial score (nSPS) is 15.0. The number of hydrogen-bond donors (Lipinski definition) is 3. The molecule has 3 rings (SSSR count). The summed E-state index contributed by atoms with van der Waals surface area (Å²) in [7, 11) is 1.63. The molecular weight excluding hydrogens is 455 g/mol. The zero-order valence-corrected chi connectivity index (χ0v) is 17.8. The lowest BCUT2D eigenvalue weighted by atomic mass is 10.1. The van der Waals surface area contributed by atoms with Crippen molar-refractivity contribution in [1.29, 1.82) is 0 Å². The number of rotatable bonds is 7. The summed E-state index contributed by atoms with van der Waals surface area (Å²) in [5, 5.41) is 2.98. The second kappa shape index (κ2) is 8.60. The summed E-state index contributed by atoms with van der Waals surface area (Å²) in [6.45, 7) is 4.55. The van der Waals surface area contributed by atoms with Crippen molar-refractivity contribution in [2.75, 3.05) is 18.1 Å². The van der Waals surface area contributed by atoms with Crippen molar-refractivity contribution in [2.45, 2.75) is 20.3 Å². The number of methoxy groups -OCH3 is 1. The van der Waals surface area contributed by atoms with Gasteiger partial charge >= 0.3 is 0 Å². The molecule has 0 bridgehead atoms. The number of aromatic nitrogens is 2. The van der Waals surface area contributed by atoms with Gasteiger partial charge in [-0.1, -0.05) is 22.6 Å². The third-order valence-electron chi connectivity index (χ3n) is 4.44. The molecule has 6 nitrogen and oxygen atoms in total. The summed E-state index contributed by atoms with van der Waals surface area (Å²) in [6.07, 6.45) is 6.65. The average molecular weight is 478 g/mol. The first kappa shape index (κ1) is 19.5. The average Bonchev–Trinajstić information content (AvgIpc) is 3.35. The molecule has 3 N–H and O–H groups in total. The molecule has 142 valence electrons. The highest BCUT2D eigenvalue weighted by Crippen LogP contribution is 2.27. The molecule has 0 spiro atoms. The monoisotopic (exact) mass is 478 g/mol. The van der Waals surface area contributed by atoms with Crippen LogP contribution in [0.5, 0.6) is 0 Å². The predicted molar refractivity (Wildman–Crippen MR) is 117 cm³/mol. The molecule has 0 saturated carbocycles. The van der Waals surface area contributed by atoms with Crippen LogP contribution in [0.1, 0.15) is 39.4 Å². The van der Waals surface area contributed by atoms with Crippen LogP contribution in [0.15, 0.2) is 40.9 Å². The second-order valence-corrected chi connectivity index (χ2v) is 7.36. The van der Waals surface area contributed by atoms with E-state index in [4.69, 9.17) is 4.74 Å². The van der Waals surface area contributed by atoms with E-state index >= 15 is 0 Å². The van der Waals surface area contributed by atoms with Gasteiger partial charge in [0, 0.05) is 34.6 Å². The van der Waals surface area contributed by atoms with Gasteiger partial charge in [0.15, 0.2) is 0 Å². The Kier molecular flexibility index (Phi) is 6.20. The number of aromatic amines is 2. The molecule has 1 aliphatic rings. The highest BCUT2D eigenvalue weighted by Gasteiger charge is 2.20. The lowest BCUT2D eigenvalue weighted by molar-refractivity contribution is 0.0953. The van der Waals surface area contributed by atoms with Crippen molar-refractivity contribution >= 4 is 40.3 Å². The number of nitrogens with zero attached hydrogens (tertiary/aromatic N) is 1. The fraction of sp³-hybridized carbons (Fsp3) is 0.300. The Labute approximate surface area is 172 Å². The SMILES string of the molecule is COC1=CC(c2ccc[nH]2)=N/C1=C\c1[nH]c(C)c(C(=O)NCCCI)c1C. The van der Waals surface area contributed by atoms with Crippen LogP contribution in [-0.2, 0) is 4.74 Å². The molecule has 27 heavy (non-hydrogen) atoms. The summed E-state index contributed by atoms with van der Waals surface area (Å²) in [5.41, 5.74) is 5.80. The first-order valence-corrected chi connectivity index (χ1v) is 10.3. The summed E-state index contributed by atoms with van der Waals surface area (Å²) in [5.74, 6) is 0.652. The Bertz CT molecular complexity index is 920. The molecule has 2 aromatic heterocycles. The van der Waals surface area contributed by atoms with E-state index in [2.05, 4.69) is 42.9 Å². The number of halogens is 1. The van der Waals surface area contributed by atoms with E-state index in [1.165, 1.54) is 0 Å². The number of aryl methyl sites for hydroxylation is 1. The van der Waals surface area contributed by atoms with E-state index < -0.39 is 0 Å². The third kappa shape index (κ3) is 4.18. The lowest BCUT2D eigenvalue weighted by Gasteiger charge is -2.05. The molecule has 1 aliphatic heterocycles. The molecule has 2 aromatic rings. The van der Waals surface area contributed by atoms with Crippen molar-refractivity contribution in [3.05, 3.63) is 64.1 Å². The summed E-state index contributed by atoms with van der Waals surface area (Å²) in [6, 6.07) is 3.90. The Morgan fingerprint density at radius 1 is 1.41 bits per heavy atom. The number of allylic oxidation sites excluding steroid dienone is 1. The summed E-state index contributed by atoms with van der Waals surface area (Å²) < 4.78 is 6.51. The number of hydrogen-bond acceptors (Lipinski definition) is 3. The maximum absolute atomic E-state index is 12.5. The first-order chi connectivity index (χ1) is 13.0. The van der Waals surface area contributed by atoms with Crippen molar-refractivity contribution < 1.29 is 9.53 Å². The van der Waals surface area contributed by atoms with Crippen molar-refractivity contribution in [3.63, 3.8) is 0 Å². The molecule has 0 atom stereocenters. The number of amides is 1. The Morgan fingerprint density at radius 2 is 2.22 bits per heavy atom. The molecule has 0 unspecified atom stereocenters. The number of aliphatic imine (C=N–C) groups is 1. The number of carbonyl (C=O) groups is 1. The molecule has 1 amide bonds. The zero-order chi connectivity index (χ0) is 19.4. The molecular formula is C20H23IN4O2. The first-order valence-electron chi connectivity index (χ1n) is 8.78. The summed E-state index contributed by atoms with van der Waals surface area (Å²) in [4.78, 5) is 23.6. The zero-order valence-electron chi connectivity index (χ0n) is 15.6. The van der Waals surface area contributed by atoms with Gasteiger partial charge in [0.25, 0.3) is 5.91 Å². The van der Waals surface area contributed by atoms with Crippen LogP contribution in [-0.4, -0.2) is 39.7 Å². The van der Waals surface area contributed by atoms with Crippen molar-refractivity contribution in [2.24, 2.45) is 4.99 Å².